The summed E-state index contributed by atoms with van der Waals surface area (Å²) in [4.78, 5) is 24.6. The van der Waals surface area contributed by atoms with Crippen LogP contribution in [-0.4, -0.2) is 60.4 Å². The van der Waals surface area contributed by atoms with Crippen molar-refractivity contribution in [3.63, 3.8) is 0 Å². The second-order valence-electron chi connectivity index (χ2n) is 5.20. The first-order valence-electron chi connectivity index (χ1n) is 6.81. The standard InChI is InChI=1S/C13H21NO5/c1-9-11(4-7-18-9)13(17)14-5-2-10(3-6-14)19-8-12(15)16/h9-11H,2-8H2,1H3,(H,15,16). The quantitative estimate of drug-likeness (QED) is 0.806. The molecule has 0 aromatic carbocycles. The number of aliphatic carboxylic acids is 1. The molecule has 0 saturated carbocycles. The van der Waals surface area contributed by atoms with E-state index in [1.54, 1.807) is 0 Å². The van der Waals surface area contributed by atoms with Crippen molar-refractivity contribution in [3.8, 4) is 0 Å². The number of carboxylic acids is 1. The predicted octanol–water partition coefficient (Wildman–Crippen LogP) is 0.504. The zero-order chi connectivity index (χ0) is 13.8. The molecule has 0 spiro atoms. The molecule has 1 amide bonds. The number of hydrogen-bond acceptors (Lipinski definition) is 4. The van der Waals surface area contributed by atoms with E-state index in [1.165, 1.54) is 0 Å². The Morgan fingerprint density at radius 3 is 2.53 bits per heavy atom. The van der Waals surface area contributed by atoms with Crippen molar-refractivity contribution in [1.82, 2.24) is 4.90 Å². The van der Waals surface area contributed by atoms with Crippen LogP contribution in [0.1, 0.15) is 26.2 Å². The minimum atomic E-state index is -0.949. The number of nitrogens with zero attached hydrogens (tertiary/aromatic N) is 1. The highest BCUT2D eigenvalue weighted by atomic mass is 16.5. The van der Waals surface area contributed by atoms with Crippen LogP contribution in [0.3, 0.4) is 0 Å². The van der Waals surface area contributed by atoms with E-state index in [-0.39, 0.29) is 30.6 Å². The lowest BCUT2D eigenvalue weighted by Gasteiger charge is -2.33. The van der Waals surface area contributed by atoms with Gasteiger partial charge in [0.05, 0.1) is 18.1 Å². The lowest BCUT2D eigenvalue weighted by Crippen LogP contribution is -2.45. The Hall–Kier alpha value is -1.14. The summed E-state index contributed by atoms with van der Waals surface area (Å²) in [5, 5.41) is 8.55. The Kier molecular flexibility index (Phi) is 4.76. The SMILES string of the molecule is CC1OCCC1C(=O)N1CCC(OCC(=O)O)CC1. The van der Waals surface area contributed by atoms with E-state index in [2.05, 4.69) is 0 Å². The van der Waals surface area contributed by atoms with Crippen LogP contribution in [0.25, 0.3) is 0 Å². The van der Waals surface area contributed by atoms with Gasteiger partial charge in [0, 0.05) is 19.7 Å². The predicted molar refractivity (Wildman–Crippen MR) is 66.7 cm³/mol. The highest BCUT2D eigenvalue weighted by molar-refractivity contribution is 5.79. The normalized spacial score (nSPS) is 28.6. The molecule has 2 fully saturated rings. The van der Waals surface area contributed by atoms with Crippen molar-refractivity contribution >= 4 is 11.9 Å². The maximum absolute atomic E-state index is 12.3. The van der Waals surface area contributed by atoms with Gasteiger partial charge in [-0.2, -0.15) is 0 Å². The van der Waals surface area contributed by atoms with Crippen LogP contribution in [0, 0.1) is 5.92 Å². The first kappa shape index (κ1) is 14.3. The van der Waals surface area contributed by atoms with Crippen LogP contribution >= 0.6 is 0 Å². The summed E-state index contributed by atoms with van der Waals surface area (Å²) in [7, 11) is 0. The summed E-state index contributed by atoms with van der Waals surface area (Å²) >= 11 is 0. The first-order chi connectivity index (χ1) is 9.08. The Morgan fingerprint density at radius 1 is 1.32 bits per heavy atom. The minimum Gasteiger partial charge on any atom is -0.480 e. The number of likely N-dealkylation sites (tertiary alicyclic amines) is 1. The molecule has 0 aromatic heterocycles. The molecule has 0 aromatic rings. The number of amides is 1. The minimum absolute atomic E-state index is 0.00786. The molecule has 2 aliphatic heterocycles. The highest BCUT2D eigenvalue weighted by Gasteiger charge is 2.35. The molecule has 1 N–H and O–H groups in total. The summed E-state index contributed by atoms with van der Waals surface area (Å²) in [5.74, 6) is -0.798. The maximum atomic E-state index is 12.3. The fraction of sp³-hybridized carbons (Fsp3) is 0.846. The highest BCUT2D eigenvalue weighted by Crippen LogP contribution is 2.24. The van der Waals surface area contributed by atoms with Gasteiger partial charge in [0.2, 0.25) is 5.91 Å². The summed E-state index contributed by atoms with van der Waals surface area (Å²) < 4.78 is 10.7. The number of piperidine rings is 1. The van der Waals surface area contributed by atoms with Gasteiger partial charge in [0.1, 0.15) is 6.61 Å². The van der Waals surface area contributed by atoms with Gasteiger partial charge < -0.3 is 19.5 Å². The van der Waals surface area contributed by atoms with E-state index in [4.69, 9.17) is 14.6 Å². The van der Waals surface area contributed by atoms with Gasteiger partial charge in [0.15, 0.2) is 0 Å². The van der Waals surface area contributed by atoms with Crippen LogP contribution in [0.5, 0.6) is 0 Å². The van der Waals surface area contributed by atoms with Gasteiger partial charge in [-0.25, -0.2) is 4.79 Å². The van der Waals surface area contributed by atoms with E-state index >= 15 is 0 Å². The number of hydrogen-bond donors (Lipinski definition) is 1. The lowest BCUT2D eigenvalue weighted by molar-refractivity contribution is -0.148. The number of ether oxygens (including phenoxy) is 2. The summed E-state index contributed by atoms with van der Waals surface area (Å²) in [6, 6.07) is 0. The number of carboxylic acid groups (broad SMARTS) is 1. The second kappa shape index (κ2) is 6.34. The molecule has 19 heavy (non-hydrogen) atoms. The van der Waals surface area contributed by atoms with Gasteiger partial charge in [-0.15, -0.1) is 0 Å². The molecule has 6 nitrogen and oxygen atoms in total. The first-order valence-corrected chi connectivity index (χ1v) is 6.81. The molecule has 2 saturated heterocycles. The number of rotatable bonds is 4. The van der Waals surface area contributed by atoms with E-state index in [0.717, 1.165) is 6.42 Å². The van der Waals surface area contributed by atoms with Crippen molar-refractivity contribution in [1.29, 1.82) is 0 Å². The molecule has 2 rings (SSSR count). The molecule has 0 aliphatic carbocycles. The monoisotopic (exact) mass is 271 g/mol. The molecular weight excluding hydrogens is 250 g/mol. The molecule has 0 bridgehead atoms. The van der Waals surface area contributed by atoms with E-state index in [1.807, 2.05) is 11.8 Å². The van der Waals surface area contributed by atoms with Gasteiger partial charge >= 0.3 is 5.97 Å². The van der Waals surface area contributed by atoms with Crippen LogP contribution in [0.2, 0.25) is 0 Å². The Labute approximate surface area is 112 Å². The van der Waals surface area contributed by atoms with Gasteiger partial charge in [0.25, 0.3) is 0 Å². The third kappa shape index (κ3) is 3.67. The van der Waals surface area contributed by atoms with Gasteiger partial charge in [-0.1, -0.05) is 0 Å². The van der Waals surface area contributed by atoms with Crippen molar-refractivity contribution < 1.29 is 24.2 Å². The Bertz CT molecular complexity index is 338. The fourth-order valence-electron chi connectivity index (χ4n) is 2.72. The number of carbonyl (C=O) groups excluding carboxylic acids is 1. The summed E-state index contributed by atoms with van der Waals surface area (Å²) in [6.45, 7) is 3.64. The molecular formula is C13H21NO5. The smallest absolute Gasteiger partial charge is 0.329 e. The largest absolute Gasteiger partial charge is 0.480 e. The zero-order valence-corrected chi connectivity index (χ0v) is 11.2. The fourth-order valence-corrected chi connectivity index (χ4v) is 2.72. The van der Waals surface area contributed by atoms with Crippen LogP contribution < -0.4 is 0 Å². The molecule has 0 radical (unpaired) electrons. The lowest BCUT2D eigenvalue weighted by atomic mass is 9.99. The number of carbonyl (C=O) groups is 2. The summed E-state index contributed by atoms with van der Waals surface area (Å²) in [6.07, 6.45) is 2.18. The third-order valence-corrected chi connectivity index (χ3v) is 3.89. The molecule has 2 unspecified atom stereocenters. The maximum Gasteiger partial charge on any atom is 0.329 e. The Balaban J connectivity index is 1.76. The summed E-state index contributed by atoms with van der Waals surface area (Å²) in [5.41, 5.74) is 0. The third-order valence-electron chi connectivity index (χ3n) is 3.89. The topological polar surface area (TPSA) is 76.1 Å². The van der Waals surface area contributed by atoms with Crippen LogP contribution in [-0.2, 0) is 19.1 Å². The van der Waals surface area contributed by atoms with Crippen LogP contribution in [0.4, 0.5) is 0 Å². The van der Waals surface area contributed by atoms with Crippen molar-refractivity contribution in [2.75, 3.05) is 26.3 Å². The van der Waals surface area contributed by atoms with Crippen molar-refractivity contribution in [2.24, 2.45) is 5.92 Å². The van der Waals surface area contributed by atoms with E-state index < -0.39 is 5.97 Å². The zero-order valence-electron chi connectivity index (χ0n) is 11.2. The van der Waals surface area contributed by atoms with Crippen molar-refractivity contribution in [2.45, 2.75) is 38.4 Å². The molecule has 6 heteroatoms. The van der Waals surface area contributed by atoms with Crippen molar-refractivity contribution in [3.05, 3.63) is 0 Å². The van der Waals surface area contributed by atoms with Gasteiger partial charge in [-0.05, 0) is 26.2 Å². The molecule has 108 valence electrons. The second-order valence-corrected chi connectivity index (χ2v) is 5.20. The average Bonchev–Trinajstić information content (AvgIpc) is 2.82. The molecule has 2 heterocycles. The van der Waals surface area contributed by atoms with E-state index in [0.29, 0.717) is 32.5 Å². The van der Waals surface area contributed by atoms with Gasteiger partial charge in [-0.3, -0.25) is 4.79 Å². The Morgan fingerprint density at radius 2 is 2.00 bits per heavy atom. The molecule has 2 aliphatic rings. The van der Waals surface area contributed by atoms with E-state index in [9.17, 15) is 9.59 Å². The molecule has 2 atom stereocenters. The van der Waals surface area contributed by atoms with Crippen LogP contribution in [0.15, 0.2) is 0 Å². The average molecular weight is 271 g/mol.